The first kappa shape index (κ1) is 22.1. The molecule has 176 valence electrons. The molecule has 3 heteroatoms. The Morgan fingerprint density at radius 1 is 0.722 bits per heavy atom. The van der Waals surface area contributed by atoms with Crippen LogP contribution in [0.5, 0.6) is 11.5 Å². The Balaban J connectivity index is 1.76. The Kier molecular flexibility index (Phi) is 5.15. The number of aryl methyl sites for hydroxylation is 1. The van der Waals surface area contributed by atoms with Crippen molar-refractivity contribution in [1.82, 2.24) is 0 Å². The van der Waals surface area contributed by atoms with Crippen molar-refractivity contribution in [2.45, 2.75) is 19.3 Å². The van der Waals surface area contributed by atoms with E-state index in [1.54, 1.807) is 7.11 Å². The van der Waals surface area contributed by atoms with Crippen LogP contribution < -0.4 is 9.47 Å². The Bertz CT molecular complexity index is 1610. The zero-order valence-electron chi connectivity index (χ0n) is 20.5. The van der Waals surface area contributed by atoms with Crippen molar-refractivity contribution in [3.8, 4) is 22.6 Å². The van der Waals surface area contributed by atoms with Crippen molar-refractivity contribution < 1.29 is 14.3 Å². The molecule has 5 aromatic rings. The summed E-state index contributed by atoms with van der Waals surface area (Å²) < 4.78 is 10.9. The maximum absolute atomic E-state index is 11.6. The molecule has 0 N–H and O–H groups in total. The van der Waals surface area contributed by atoms with Gasteiger partial charge in [-0.05, 0) is 75.3 Å². The number of rotatable bonds is 4. The first-order valence-corrected chi connectivity index (χ1v) is 12.1. The highest BCUT2D eigenvalue weighted by Gasteiger charge is 2.47. The molecule has 0 radical (unpaired) electrons. The Morgan fingerprint density at radius 3 is 2.03 bits per heavy atom. The third kappa shape index (κ3) is 3.24. The smallest absolute Gasteiger partial charge is 0.308 e. The van der Waals surface area contributed by atoms with Crippen molar-refractivity contribution in [2.24, 2.45) is 0 Å². The SMILES string of the molecule is COc1ccc(C2(c3ccc(OC(C)=O)cc3)c3cc(C)ccc3-c3ccc4ccccc4c32)cc1. The minimum atomic E-state index is -0.557. The fraction of sp³-hybridized carbons (Fsp3) is 0.121. The molecular formula is C33H26O3. The maximum Gasteiger partial charge on any atom is 0.308 e. The van der Waals surface area contributed by atoms with Crippen LogP contribution >= 0.6 is 0 Å². The highest BCUT2D eigenvalue weighted by Crippen LogP contribution is 2.58. The monoisotopic (exact) mass is 470 g/mol. The molecule has 0 amide bonds. The van der Waals surface area contributed by atoms with E-state index in [-0.39, 0.29) is 5.97 Å². The van der Waals surface area contributed by atoms with E-state index in [9.17, 15) is 4.79 Å². The third-order valence-electron chi connectivity index (χ3n) is 7.25. The van der Waals surface area contributed by atoms with Gasteiger partial charge in [-0.15, -0.1) is 0 Å². The second kappa shape index (κ2) is 8.39. The molecule has 0 aliphatic heterocycles. The van der Waals surface area contributed by atoms with E-state index in [2.05, 4.69) is 85.8 Å². The minimum absolute atomic E-state index is 0.328. The zero-order valence-corrected chi connectivity index (χ0v) is 20.5. The van der Waals surface area contributed by atoms with E-state index in [1.165, 1.54) is 45.5 Å². The maximum atomic E-state index is 11.6. The summed E-state index contributed by atoms with van der Waals surface area (Å²) in [4.78, 5) is 11.6. The molecule has 1 atom stereocenters. The van der Waals surface area contributed by atoms with E-state index in [4.69, 9.17) is 9.47 Å². The first-order chi connectivity index (χ1) is 17.5. The molecule has 1 aliphatic carbocycles. The Labute approximate surface area is 210 Å². The molecule has 1 unspecified atom stereocenters. The van der Waals surface area contributed by atoms with Crippen LogP contribution in [0.1, 0.15) is 34.7 Å². The van der Waals surface area contributed by atoms with Crippen LogP contribution in [0.25, 0.3) is 21.9 Å². The van der Waals surface area contributed by atoms with E-state index in [1.807, 2.05) is 24.3 Å². The number of methoxy groups -OCH3 is 1. The predicted molar refractivity (Wildman–Crippen MR) is 144 cm³/mol. The summed E-state index contributed by atoms with van der Waals surface area (Å²) in [5.41, 5.74) is 7.92. The average Bonchev–Trinajstić information content (AvgIpc) is 3.19. The molecule has 6 rings (SSSR count). The van der Waals surface area contributed by atoms with Crippen LogP contribution in [0.15, 0.2) is 103 Å². The lowest BCUT2D eigenvalue weighted by molar-refractivity contribution is -0.131. The molecule has 3 nitrogen and oxygen atoms in total. The van der Waals surface area contributed by atoms with Gasteiger partial charge in [0.15, 0.2) is 0 Å². The summed E-state index contributed by atoms with van der Waals surface area (Å²) in [7, 11) is 1.69. The second-order valence-corrected chi connectivity index (χ2v) is 9.35. The molecule has 0 saturated heterocycles. The highest BCUT2D eigenvalue weighted by molar-refractivity contribution is 6.00. The molecular weight excluding hydrogens is 444 g/mol. The molecule has 36 heavy (non-hydrogen) atoms. The van der Waals surface area contributed by atoms with Gasteiger partial charge in [0.05, 0.1) is 12.5 Å². The summed E-state index contributed by atoms with van der Waals surface area (Å²) in [5, 5.41) is 2.43. The third-order valence-corrected chi connectivity index (χ3v) is 7.25. The fourth-order valence-corrected chi connectivity index (χ4v) is 5.78. The number of carbonyl (C=O) groups is 1. The molecule has 0 saturated carbocycles. The van der Waals surface area contributed by atoms with Crippen LogP contribution in [0, 0.1) is 6.92 Å². The van der Waals surface area contributed by atoms with Gasteiger partial charge < -0.3 is 9.47 Å². The molecule has 0 spiro atoms. The number of fused-ring (bicyclic) bond motifs is 5. The molecule has 0 fully saturated rings. The Morgan fingerprint density at radius 2 is 1.36 bits per heavy atom. The van der Waals surface area contributed by atoms with Gasteiger partial charge in [-0.2, -0.15) is 0 Å². The normalized spacial score (nSPS) is 15.9. The van der Waals surface area contributed by atoms with Gasteiger partial charge in [-0.3, -0.25) is 4.79 Å². The van der Waals surface area contributed by atoms with E-state index in [0.29, 0.717) is 5.75 Å². The van der Waals surface area contributed by atoms with Gasteiger partial charge in [0.1, 0.15) is 11.5 Å². The number of ether oxygens (including phenoxy) is 2. The van der Waals surface area contributed by atoms with Crippen LogP contribution in [-0.2, 0) is 10.2 Å². The molecule has 0 heterocycles. The standard InChI is InChI=1S/C33H26O3/c1-21-8-18-29-30-19-9-23-6-4-5-7-28(23)32(30)33(31(29)20-21,24-10-14-26(35-3)15-11-24)25-12-16-27(17-13-25)36-22(2)34/h4-20H,1-3H3. The van der Waals surface area contributed by atoms with Gasteiger partial charge in [0.2, 0.25) is 0 Å². The fourth-order valence-electron chi connectivity index (χ4n) is 5.78. The van der Waals surface area contributed by atoms with Crippen molar-refractivity contribution in [2.75, 3.05) is 7.11 Å². The number of hydrogen-bond acceptors (Lipinski definition) is 3. The van der Waals surface area contributed by atoms with Crippen molar-refractivity contribution in [3.63, 3.8) is 0 Å². The topological polar surface area (TPSA) is 35.5 Å². The number of benzene rings is 5. The molecule has 5 aromatic carbocycles. The summed E-state index contributed by atoms with van der Waals surface area (Å²) >= 11 is 0. The van der Waals surface area contributed by atoms with Crippen molar-refractivity contribution >= 4 is 16.7 Å². The van der Waals surface area contributed by atoms with E-state index >= 15 is 0 Å². The highest BCUT2D eigenvalue weighted by atomic mass is 16.5. The lowest BCUT2D eigenvalue weighted by Crippen LogP contribution is -2.29. The lowest BCUT2D eigenvalue weighted by Gasteiger charge is -2.35. The van der Waals surface area contributed by atoms with Crippen molar-refractivity contribution in [3.05, 3.63) is 131 Å². The van der Waals surface area contributed by atoms with Gasteiger partial charge in [0, 0.05) is 6.92 Å². The molecule has 0 aromatic heterocycles. The molecule has 1 aliphatic rings. The minimum Gasteiger partial charge on any atom is -0.497 e. The van der Waals surface area contributed by atoms with Crippen LogP contribution in [0.2, 0.25) is 0 Å². The second-order valence-electron chi connectivity index (χ2n) is 9.35. The number of carbonyl (C=O) groups excluding carboxylic acids is 1. The summed E-state index contributed by atoms with van der Waals surface area (Å²) in [6, 6.07) is 36.2. The predicted octanol–water partition coefficient (Wildman–Crippen LogP) is 7.45. The number of hydrogen-bond donors (Lipinski definition) is 0. The first-order valence-electron chi connectivity index (χ1n) is 12.1. The quantitative estimate of drug-likeness (QED) is 0.198. The van der Waals surface area contributed by atoms with E-state index in [0.717, 1.165) is 16.9 Å². The summed E-state index contributed by atoms with van der Waals surface area (Å²) in [5.74, 6) is 1.03. The van der Waals surface area contributed by atoms with E-state index < -0.39 is 5.41 Å². The van der Waals surface area contributed by atoms with Gasteiger partial charge >= 0.3 is 5.97 Å². The Hall–Kier alpha value is -4.37. The molecule has 0 bridgehead atoms. The summed E-state index contributed by atoms with van der Waals surface area (Å²) in [6.07, 6.45) is 0. The number of esters is 1. The van der Waals surface area contributed by atoms with Crippen molar-refractivity contribution in [1.29, 1.82) is 0 Å². The van der Waals surface area contributed by atoms with Gasteiger partial charge in [-0.25, -0.2) is 0 Å². The summed E-state index contributed by atoms with van der Waals surface area (Å²) in [6.45, 7) is 3.56. The van der Waals surface area contributed by atoms with Crippen LogP contribution in [-0.4, -0.2) is 13.1 Å². The average molecular weight is 471 g/mol. The van der Waals surface area contributed by atoms with Crippen LogP contribution in [0.3, 0.4) is 0 Å². The van der Waals surface area contributed by atoms with Crippen LogP contribution in [0.4, 0.5) is 0 Å². The largest absolute Gasteiger partial charge is 0.497 e. The zero-order chi connectivity index (χ0) is 24.9. The lowest BCUT2D eigenvalue weighted by atomic mass is 9.66. The van der Waals surface area contributed by atoms with Gasteiger partial charge in [0.25, 0.3) is 0 Å². The van der Waals surface area contributed by atoms with Gasteiger partial charge in [-0.1, -0.05) is 84.4 Å².